The molecular formula is C23H38O2. The third-order valence-electron chi connectivity index (χ3n) is 6.04. The number of aromatic hydroxyl groups is 1. The van der Waals surface area contributed by atoms with Crippen LogP contribution >= 0.6 is 0 Å². The van der Waals surface area contributed by atoms with E-state index in [9.17, 15) is 5.11 Å². The van der Waals surface area contributed by atoms with E-state index in [1.807, 2.05) is 13.0 Å². The zero-order valence-electron chi connectivity index (χ0n) is 17.2. The number of ether oxygens (including phenoxy) is 1. The van der Waals surface area contributed by atoms with E-state index in [-0.39, 0.29) is 5.60 Å². The van der Waals surface area contributed by atoms with Crippen LogP contribution in [0.3, 0.4) is 0 Å². The van der Waals surface area contributed by atoms with E-state index < -0.39 is 0 Å². The number of benzene rings is 1. The second-order valence-electron chi connectivity index (χ2n) is 9.01. The van der Waals surface area contributed by atoms with Gasteiger partial charge in [0.2, 0.25) is 0 Å². The van der Waals surface area contributed by atoms with Crippen molar-refractivity contribution in [2.24, 2.45) is 11.8 Å². The van der Waals surface area contributed by atoms with E-state index in [1.165, 1.54) is 37.7 Å². The maximum atomic E-state index is 10.0. The highest BCUT2D eigenvalue weighted by Crippen LogP contribution is 2.42. The van der Waals surface area contributed by atoms with Gasteiger partial charge in [-0.3, -0.25) is 0 Å². The number of aryl methyl sites for hydroxylation is 1. The molecule has 142 valence electrons. The minimum Gasteiger partial charge on any atom is -0.508 e. The lowest BCUT2D eigenvalue weighted by atomic mass is 9.85. The summed E-state index contributed by atoms with van der Waals surface area (Å²) in [4.78, 5) is 0. The normalized spacial score (nSPS) is 21.1. The van der Waals surface area contributed by atoms with Crippen LogP contribution < -0.4 is 4.74 Å². The molecule has 1 aliphatic rings. The molecule has 1 aromatic carbocycles. The van der Waals surface area contributed by atoms with E-state index in [2.05, 4.69) is 34.6 Å². The lowest BCUT2D eigenvalue weighted by Gasteiger charge is -2.37. The molecule has 1 unspecified atom stereocenters. The summed E-state index contributed by atoms with van der Waals surface area (Å²) >= 11 is 0. The van der Waals surface area contributed by atoms with Crippen LogP contribution in [-0.4, -0.2) is 10.7 Å². The standard InChI is InChI=1S/C23H38O2/c1-16(2)9-7-10-17(3)11-8-13-23(6)14-12-20-15-21(24)18(4)19(5)22(20)25-23/h15-17,24H,7-14H2,1-6H3/t17?,23-/m1/s1. The molecule has 0 saturated heterocycles. The van der Waals surface area contributed by atoms with Gasteiger partial charge in [-0.25, -0.2) is 0 Å². The fourth-order valence-corrected chi connectivity index (χ4v) is 3.99. The number of hydrogen-bond donors (Lipinski definition) is 1. The Labute approximate surface area is 155 Å². The Bertz CT molecular complexity index is 576. The van der Waals surface area contributed by atoms with Crippen LogP contribution in [0.25, 0.3) is 0 Å². The molecule has 2 atom stereocenters. The summed E-state index contributed by atoms with van der Waals surface area (Å²) in [5, 5.41) is 10.0. The van der Waals surface area contributed by atoms with E-state index in [1.54, 1.807) is 0 Å². The Hall–Kier alpha value is -1.18. The molecule has 0 spiro atoms. The van der Waals surface area contributed by atoms with Crippen LogP contribution in [-0.2, 0) is 6.42 Å². The van der Waals surface area contributed by atoms with Crippen LogP contribution in [0.15, 0.2) is 6.07 Å². The monoisotopic (exact) mass is 346 g/mol. The van der Waals surface area contributed by atoms with Gasteiger partial charge in [-0.1, -0.05) is 46.5 Å². The maximum Gasteiger partial charge on any atom is 0.126 e. The van der Waals surface area contributed by atoms with Gasteiger partial charge in [-0.2, -0.15) is 0 Å². The molecule has 25 heavy (non-hydrogen) atoms. The minimum absolute atomic E-state index is 0.0567. The zero-order chi connectivity index (χ0) is 18.6. The third-order valence-corrected chi connectivity index (χ3v) is 6.04. The van der Waals surface area contributed by atoms with Crippen LogP contribution in [0.5, 0.6) is 11.5 Å². The first-order valence-electron chi connectivity index (χ1n) is 10.2. The van der Waals surface area contributed by atoms with Crippen LogP contribution in [0.4, 0.5) is 0 Å². The van der Waals surface area contributed by atoms with Gasteiger partial charge in [0.05, 0.1) is 0 Å². The zero-order valence-corrected chi connectivity index (χ0v) is 17.2. The van der Waals surface area contributed by atoms with Gasteiger partial charge in [0, 0.05) is 0 Å². The average Bonchev–Trinajstić information content (AvgIpc) is 2.53. The number of fused-ring (bicyclic) bond motifs is 1. The molecule has 0 saturated carbocycles. The van der Waals surface area contributed by atoms with Crippen molar-refractivity contribution in [1.82, 2.24) is 0 Å². The van der Waals surface area contributed by atoms with Crippen LogP contribution in [0.2, 0.25) is 0 Å². The average molecular weight is 347 g/mol. The summed E-state index contributed by atoms with van der Waals surface area (Å²) in [7, 11) is 0. The van der Waals surface area contributed by atoms with Crippen LogP contribution in [0, 0.1) is 25.7 Å². The van der Waals surface area contributed by atoms with Crippen molar-refractivity contribution in [1.29, 1.82) is 0 Å². The smallest absolute Gasteiger partial charge is 0.126 e. The molecule has 2 nitrogen and oxygen atoms in total. The van der Waals surface area contributed by atoms with Crippen molar-refractivity contribution in [3.05, 3.63) is 22.8 Å². The van der Waals surface area contributed by atoms with Gasteiger partial charge < -0.3 is 9.84 Å². The van der Waals surface area contributed by atoms with Gasteiger partial charge in [0.15, 0.2) is 0 Å². The Kier molecular flexibility index (Phi) is 6.82. The molecule has 0 aliphatic carbocycles. The highest BCUT2D eigenvalue weighted by Gasteiger charge is 2.32. The van der Waals surface area contributed by atoms with Gasteiger partial charge in [-0.15, -0.1) is 0 Å². The van der Waals surface area contributed by atoms with Crippen molar-refractivity contribution in [3.8, 4) is 11.5 Å². The van der Waals surface area contributed by atoms with E-state index in [4.69, 9.17) is 4.74 Å². The summed E-state index contributed by atoms with van der Waals surface area (Å²) < 4.78 is 6.47. The fourth-order valence-electron chi connectivity index (χ4n) is 3.99. The van der Waals surface area contributed by atoms with Crippen molar-refractivity contribution >= 4 is 0 Å². The van der Waals surface area contributed by atoms with Crippen LogP contribution in [0.1, 0.15) is 89.3 Å². The van der Waals surface area contributed by atoms with E-state index in [0.29, 0.717) is 5.75 Å². The Morgan fingerprint density at radius 2 is 1.76 bits per heavy atom. The van der Waals surface area contributed by atoms with Gasteiger partial charge >= 0.3 is 0 Å². The third kappa shape index (κ3) is 5.39. The van der Waals surface area contributed by atoms with Crippen molar-refractivity contribution < 1.29 is 9.84 Å². The number of hydrogen-bond acceptors (Lipinski definition) is 2. The first kappa shape index (κ1) is 20.1. The molecule has 1 aliphatic heterocycles. The second kappa shape index (κ2) is 8.47. The first-order chi connectivity index (χ1) is 11.7. The van der Waals surface area contributed by atoms with Gasteiger partial charge in [-0.05, 0) is 81.0 Å². The number of rotatable bonds is 8. The molecule has 0 fully saturated rings. The highest BCUT2D eigenvalue weighted by atomic mass is 16.5. The maximum absolute atomic E-state index is 10.0. The summed E-state index contributed by atoms with van der Waals surface area (Å²) in [5.41, 5.74) is 3.16. The molecule has 0 aromatic heterocycles. The quantitative estimate of drug-likeness (QED) is 0.565. The molecule has 2 rings (SSSR count). The number of phenolic OH excluding ortho intramolecular Hbond substituents is 1. The molecule has 1 N–H and O–H groups in total. The van der Waals surface area contributed by atoms with Crippen molar-refractivity contribution in [2.45, 2.75) is 98.5 Å². The largest absolute Gasteiger partial charge is 0.508 e. The van der Waals surface area contributed by atoms with Crippen molar-refractivity contribution in [2.75, 3.05) is 0 Å². The van der Waals surface area contributed by atoms with Crippen molar-refractivity contribution in [3.63, 3.8) is 0 Å². The molecular weight excluding hydrogens is 308 g/mol. The molecule has 1 aromatic rings. The molecule has 0 bridgehead atoms. The fraction of sp³-hybridized carbons (Fsp3) is 0.739. The summed E-state index contributed by atoms with van der Waals surface area (Å²) in [6.45, 7) is 13.3. The summed E-state index contributed by atoms with van der Waals surface area (Å²) in [6.07, 6.45) is 9.79. The minimum atomic E-state index is -0.0567. The lowest BCUT2D eigenvalue weighted by molar-refractivity contribution is 0.0514. The Morgan fingerprint density at radius 1 is 1.08 bits per heavy atom. The Morgan fingerprint density at radius 3 is 2.44 bits per heavy atom. The first-order valence-corrected chi connectivity index (χ1v) is 10.2. The van der Waals surface area contributed by atoms with Gasteiger partial charge in [0.25, 0.3) is 0 Å². The van der Waals surface area contributed by atoms with E-state index in [0.717, 1.165) is 48.0 Å². The molecule has 0 amide bonds. The summed E-state index contributed by atoms with van der Waals surface area (Å²) in [5.74, 6) is 3.07. The lowest BCUT2D eigenvalue weighted by Crippen LogP contribution is -2.36. The molecule has 0 radical (unpaired) electrons. The molecule has 2 heteroatoms. The Balaban J connectivity index is 1.86. The summed E-state index contributed by atoms with van der Waals surface area (Å²) in [6, 6.07) is 1.90. The van der Waals surface area contributed by atoms with Gasteiger partial charge in [0.1, 0.15) is 17.1 Å². The number of phenols is 1. The molecule has 1 heterocycles. The topological polar surface area (TPSA) is 29.5 Å². The second-order valence-corrected chi connectivity index (χ2v) is 9.01. The SMILES string of the molecule is Cc1c(O)cc2c(c1C)O[C@](C)(CCCC(C)CCCC(C)C)CC2. The predicted molar refractivity (Wildman–Crippen MR) is 107 cm³/mol. The highest BCUT2D eigenvalue weighted by molar-refractivity contribution is 5.53. The predicted octanol–water partition coefficient (Wildman–Crippen LogP) is 6.73. The van der Waals surface area contributed by atoms with E-state index >= 15 is 0 Å².